The van der Waals surface area contributed by atoms with Crippen molar-refractivity contribution in [3.8, 4) is 0 Å². The molecule has 2 rings (SSSR count). The zero-order valence-electron chi connectivity index (χ0n) is 5.82. The third kappa shape index (κ3) is 1.99. The van der Waals surface area contributed by atoms with E-state index in [0.29, 0.717) is 12.2 Å². The fourth-order valence-electron chi connectivity index (χ4n) is 1.38. The van der Waals surface area contributed by atoms with Gasteiger partial charge in [0, 0.05) is 0 Å². The van der Waals surface area contributed by atoms with Crippen LogP contribution in [-0.2, 0) is 9.53 Å². The van der Waals surface area contributed by atoms with Crippen LogP contribution in [0, 0.1) is 0 Å². The molecule has 3 nitrogen and oxygen atoms in total. The highest BCUT2D eigenvalue weighted by Crippen LogP contribution is 2.35. The molecule has 0 spiro atoms. The quantitative estimate of drug-likeness (QED) is 0.408. The summed E-state index contributed by atoms with van der Waals surface area (Å²) in [6, 6.07) is 0. The molecule has 1 heterocycles. The van der Waals surface area contributed by atoms with Crippen molar-refractivity contribution in [1.82, 2.24) is 0 Å². The number of carbonyl (C=O) groups is 1. The maximum atomic E-state index is 8.36. The van der Waals surface area contributed by atoms with Crippen molar-refractivity contribution in [2.24, 2.45) is 0 Å². The highest BCUT2D eigenvalue weighted by atomic mass is 16.6. The van der Waals surface area contributed by atoms with Gasteiger partial charge in [-0.15, -0.1) is 0 Å². The Bertz CT molecular complexity index is 103. The fraction of sp³-hybridized carbons (Fsp3) is 0.857. The molecule has 1 N–H and O–H groups in total. The molecule has 0 radical (unpaired) electrons. The lowest BCUT2D eigenvalue weighted by molar-refractivity contribution is -0.122. The van der Waals surface area contributed by atoms with Crippen molar-refractivity contribution >= 4 is 6.47 Å². The molecular weight excluding hydrogens is 132 g/mol. The van der Waals surface area contributed by atoms with Crippen LogP contribution in [-0.4, -0.2) is 23.8 Å². The van der Waals surface area contributed by atoms with Crippen LogP contribution in [0.15, 0.2) is 0 Å². The molecule has 1 aliphatic heterocycles. The second kappa shape index (κ2) is 3.56. The molecule has 2 aliphatic rings. The largest absolute Gasteiger partial charge is 0.483 e. The highest BCUT2D eigenvalue weighted by molar-refractivity contribution is 5.32. The molecule has 0 aromatic carbocycles. The van der Waals surface area contributed by atoms with Crippen molar-refractivity contribution in [1.29, 1.82) is 0 Å². The second-order valence-electron chi connectivity index (χ2n) is 2.60. The van der Waals surface area contributed by atoms with Gasteiger partial charge in [0.05, 0.1) is 12.2 Å². The Morgan fingerprint density at radius 3 is 2.00 bits per heavy atom. The Balaban J connectivity index is 0.000000148. The summed E-state index contributed by atoms with van der Waals surface area (Å²) < 4.78 is 5.28. The van der Waals surface area contributed by atoms with Crippen LogP contribution < -0.4 is 0 Å². The average Bonchev–Trinajstić information content (AvgIpc) is 2.66. The van der Waals surface area contributed by atoms with Crippen molar-refractivity contribution in [3.05, 3.63) is 0 Å². The summed E-state index contributed by atoms with van der Waals surface area (Å²) in [5.74, 6) is 0. The lowest BCUT2D eigenvalue weighted by Gasteiger charge is -2.00. The first-order valence-electron chi connectivity index (χ1n) is 3.62. The van der Waals surface area contributed by atoms with Crippen LogP contribution in [0.5, 0.6) is 0 Å². The van der Waals surface area contributed by atoms with Crippen molar-refractivity contribution in [3.63, 3.8) is 0 Å². The fourth-order valence-corrected chi connectivity index (χ4v) is 1.38. The van der Waals surface area contributed by atoms with E-state index >= 15 is 0 Å². The predicted octanol–water partition coefficient (Wildman–Crippen LogP) is 1.03. The van der Waals surface area contributed by atoms with E-state index in [2.05, 4.69) is 0 Å². The number of ether oxygens (including phenoxy) is 1. The Labute approximate surface area is 60.0 Å². The van der Waals surface area contributed by atoms with E-state index in [-0.39, 0.29) is 6.47 Å². The zero-order chi connectivity index (χ0) is 7.40. The maximum Gasteiger partial charge on any atom is 0.290 e. The van der Waals surface area contributed by atoms with Gasteiger partial charge in [0.25, 0.3) is 6.47 Å². The molecule has 2 atom stereocenters. The van der Waals surface area contributed by atoms with E-state index in [1.54, 1.807) is 0 Å². The first-order valence-corrected chi connectivity index (χ1v) is 3.62. The lowest BCUT2D eigenvalue weighted by atomic mass is 10.0. The monoisotopic (exact) mass is 144 g/mol. The summed E-state index contributed by atoms with van der Waals surface area (Å²) in [5, 5.41) is 6.89. The number of hydrogen-bond donors (Lipinski definition) is 1. The average molecular weight is 144 g/mol. The van der Waals surface area contributed by atoms with E-state index in [4.69, 9.17) is 14.6 Å². The van der Waals surface area contributed by atoms with Crippen LogP contribution in [0.4, 0.5) is 0 Å². The Kier molecular flexibility index (Phi) is 2.68. The summed E-state index contributed by atoms with van der Waals surface area (Å²) in [4.78, 5) is 8.36. The number of hydrogen-bond acceptors (Lipinski definition) is 2. The SMILES string of the molecule is C1CCC2OC2C1.O=CO. The van der Waals surface area contributed by atoms with Gasteiger partial charge in [0.1, 0.15) is 0 Å². The molecule has 10 heavy (non-hydrogen) atoms. The Morgan fingerprint density at radius 1 is 1.30 bits per heavy atom. The van der Waals surface area contributed by atoms with Gasteiger partial charge in [-0.05, 0) is 12.8 Å². The second-order valence-corrected chi connectivity index (χ2v) is 2.60. The van der Waals surface area contributed by atoms with E-state index < -0.39 is 0 Å². The number of epoxide rings is 1. The van der Waals surface area contributed by atoms with Gasteiger partial charge in [-0.1, -0.05) is 12.8 Å². The Morgan fingerprint density at radius 2 is 1.70 bits per heavy atom. The lowest BCUT2D eigenvalue weighted by Crippen LogP contribution is -2.00. The smallest absolute Gasteiger partial charge is 0.290 e. The number of rotatable bonds is 0. The maximum absolute atomic E-state index is 8.36. The normalized spacial score (nSPS) is 34.8. The molecule has 2 unspecified atom stereocenters. The summed E-state index contributed by atoms with van der Waals surface area (Å²) in [5.41, 5.74) is 0. The third-order valence-electron chi connectivity index (χ3n) is 1.91. The van der Waals surface area contributed by atoms with E-state index in [0.717, 1.165) is 0 Å². The van der Waals surface area contributed by atoms with Gasteiger partial charge in [-0.25, -0.2) is 0 Å². The first-order chi connectivity index (χ1) is 4.88. The summed E-state index contributed by atoms with van der Waals surface area (Å²) >= 11 is 0. The summed E-state index contributed by atoms with van der Waals surface area (Å²) in [6.45, 7) is -0.250. The minimum atomic E-state index is -0.250. The van der Waals surface area contributed by atoms with Gasteiger partial charge in [-0.2, -0.15) is 0 Å². The Hall–Kier alpha value is -0.570. The molecule has 0 aromatic heterocycles. The van der Waals surface area contributed by atoms with Gasteiger partial charge in [-0.3, -0.25) is 4.79 Å². The molecule has 58 valence electrons. The van der Waals surface area contributed by atoms with Crippen molar-refractivity contribution < 1.29 is 14.6 Å². The van der Waals surface area contributed by atoms with Crippen LogP contribution in [0.25, 0.3) is 0 Å². The van der Waals surface area contributed by atoms with Crippen molar-refractivity contribution in [2.75, 3.05) is 0 Å². The van der Waals surface area contributed by atoms with Gasteiger partial charge < -0.3 is 9.84 Å². The molecule has 3 heteroatoms. The summed E-state index contributed by atoms with van der Waals surface area (Å²) in [6.07, 6.45) is 6.89. The molecule has 0 bridgehead atoms. The topological polar surface area (TPSA) is 49.8 Å². The van der Waals surface area contributed by atoms with Gasteiger partial charge >= 0.3 is 0 Å². The highest BCUT2D eigenvalue weighted by Gasteiger charge is 2.39. The molecule has 0 amide bonds. The molecule has 0 aromatic rings. The van der Waals surface area contributed by atoms with Crippen molar-refractivity contribution in [2.45, 2.75) is 37.9 Å². The first kappa shape index (κ1) is 7.54. The van der Waals surface area contributed by atoms with Gasteiger partial charge in [0.15, 0.2) is 0 Å². The van der Waals surface area contributed by atoms with E-state index in [1.807, 2.05) is 0 Å². The molecule has 1 aliphatic carbocycles. The summed E-state index contributed by atoms with van der Waals surface area (Å²) in [7, 11) is 0. The van der Waals surface area contributed by atoms with Crippen LogP contribution >= 0.6 is 0 Å². The van der Waals surface area contributed by atoms with Crippen LogP contribution in [0.2, 0.25) is 0 Å². The molecule has 1 saturated heterocycles. The minimum Gasteiger partial charge on any atom is -0.483 e. The molecule has 1 saturated carbocycles. The third-order valence-corrected chi connectivity index (χ3v) is 1.91. The minimum absolute atomic E-state index is 0.250. The van der Waals surface area contributed by atoms with E-state index in [9.17, 15) is 0 Å². The zero-order valence-corrected chi connectivity index (χ0v) is 5.82. The standard InChI is InChI=1S/C6H10O.CH2O2/c1-2-4-6-5(3-1)7-6;2-1-3/h5-6H,1-4H2;1H,(H,2,3). The van der Waals surface area contributed by atoms with E-state index in [1.165, 1.54) is 25.7 Å². The van der Waals surface area contributed by atoms with Gasteiger partial charge in [0.2, 0.25) is 0 Å². The van der Waals surface area contributed by atoms with Crippen LogP contribution in [0.3, 0.4) is 0 Å². The van der Waals surface area contributed by atoms with Crippen LogP contribution in [0.1, 0.15) is 25.7 Å². The number of fused-ring (bicyclic) bond motifs is 1. The molecular formula is C7H12O3. The molecule has 2 fully saturated rings. The predicted molar refractivity (Wildman–Crippen MR) is 35.8 cm³/mol. The number of carboxylic acid groups (broad SMARTS) is 1.